The molecule has 0 fully saturated rings. The molecule has 1 aliphatic heterocycles. The summed E-state index contributed by atoms with van der Waals surface area (Å²) in [6.07, 6.45) is 0.141. The Morgan fingerprint density at radius 3 is 2.19 bits per heavy atom. The van der Waals surface area contributed by atoms with Crippen LogP contribution in [0.15, 0.2) is 78.2 Å². The monoisotopic (exact) mass is 676 g/mol. The average molecular weight is 676 g/mol. The van der Waals surface area contributed by atoms with Crippen LogP contribution in [0.25, 0.3) is 11.4 Å². The van der Waals surface area contributed by atoms with Crippen LogP contribution in [-0.4, -0.2) is 21.3 Å². The van der Waals surface area contributed by atoms with Crippen molar-refractivity contribution >= 4 is 17.7 Å². The molecule has 0 aliphatic carbocycles. The summed E-state index contributed by atoms with van der Waals surface area (Å²) in [6, 6.07) is 20.3. The first-order valence-electron chi connectivity index (χ1n) is 9.93. The molecule has 0 saturated carbocycles. The third-order valence-electron chi connectivity index (χ3n) is 4.50. The second-order valence-electron chi connectivity index (χ2n) is 6.86. The fraction of sp³-hybridized carbons (Fsp3) is 0.0417. The summed E-state index contributed by atoms with van der Waals surface area (Å²) in [5.41, 5.74) is 0.592. The van der Waals surface area contributed by atoms with E-state index >= 15 is 0 Å². The van der Waals surface area contributed by atoms with E-state index in [1.54, 1.807) is 24.0 Å². The molecule has 0 atom stereocenters. The van der Waals surface area contributed by atoms with E-state index in [2.05, 4.69) is 32.2 Å². The van der Waals surface area contributed by atoms with E-state index in [1.807, 2.05) is 30.3 Å². The molecule has 0 amide bonds. The second kappa shape index (κ2) is 11.8. The van der Waals surface area contributed by atoms with E-state index in [1.165, 1.54) is 23.5 Å². The van der Waals surface area contributed by atoms with Crippen LogP contribution in [0, 0.1) is 30.7 Å². The van der Waals surface area contributed by atoms with Gasteiger partial charge in [-0.1, -0.05) is 41.1 Å². The molecule has 6 nitrogen and oxygen atoms in total. The zero-order valence-electron chi connectivity index (χ0n) is 18.0. The predicted molar refractivity (Wildman–Crippen MR) is 118 cm³/mol. The molecule has 0 saturated heterocycles. The van der Waals surface area contributed by atoms with Gasteiger partial charge in [0.2, 0.25) is 0 Å². The molecule has 36 heavy (non-hydrogen) atoms. The minimum absolute atomic E-state index is 0. The van der Waals surface area contributed by atoms with E-state index in [9.17, 15) is 22.0 Å². The molecule has 0 radical (unpaired) electrons. The average Bonchev–Trinajstić information content (AvgIpc) is 3.36. The second-order valence-corrected chi connectivity index (χ2v) is 6.86. The summed E-state index contributed by atoms with van der Waals surface area (Å²) in [4.78, 5) is 12.4. The standard InChI is InChI=1S/C15H10F3N3.C9H4F2N3.Pt/c16-15(17,18)12-6-8-14(9-7-12)21-11-20(10-19-21)13-4-2-1-3-5-13;10-7-3-2-6(8(11)14-7)9-12-4-1-5-13-9;/h1-8,10-11H;1,3-5H;/q-2;-1;. The summed E-state index contributed by atoms with van der Waals surface area (Å²) < 4.78 is 63.0. The number of benzene rings is 2. The van der Waals surface area contributed by atoms with Gasteiger partial charge in [-0.15, -0.1) is 18.8 Å². The Kier molecular flexibility index (Phi) is 8.82. The quantitative estimate of drug-likeness (QED) is 0.163. The molecule has 2 aromatic heterocycles. The Morgan fingerprint density at radius 2 is 1.58 bits per heavy atom. The van der Waals surface area contributed by atoms with Crippen molar-refractivity contribution in [2.45, 2.75) is 6.18 Å². The van der Waals surface area contributed by atoms with Crippen LogP contribution in [0.5, 0.6) is 0 Å². The number of hydrazone groups is 1. The maximum absolute atomic E-state index is 13.1. The van der Waals surface area contributed by atoms with Crippen molar-refractivity contribution < 1.29 is 43.0 Å². The Morgan fingerprint density at radius 1 is 0.861 bits per heavy atom. The molecule has 0 N–H and O–H groups in total. The van der Waals surface area contributed by atoms with E-state index in [0.717, 1.165) is 23.9 Å². The number of halogens is 5. The number of rotatable bonds is 3. The maximum atomic E-state index is 13.1. The van der Waals surface area contributed by atoms with Gasteiger partial charge in [-0.25, -0.2) is 8.78 Å². The topological polar surface area (TPSA) is 57.5 Å². The third-order valence-corrected chi connectivity index (χ3v) is 4.50. The molecule has 4 aromatic rings. The molecule has 0 spiro atoms. The number of aromatic nitrogens is 3. The van der Waals surface area contributed by atoms with Crippen LogP contribution in [-0.2, 0) is 27.2 Å². The van der Waals surface area contributed by atoms with E-state index in [-0.39, 0.29) is 32.5 Å². The third kappa shape index (κ3) is 6.69. The zero-order chi connectivity index (χ0) is 24.8. The smallest absolute Gasteiger partial charge is 0.370 e. The number of anilines is 2. The number of hydrogen-bond acceptors (Lipinski definition) is 6. The first-order valence-corrected chi connectivity index (χ1v) is 9.93. The Labute approximate surface area is 217 Å². The molecule has 188 valence electrons. The van der Waals surface area contributed by atoms with Crippen LogP contribution in [0.1, 0.15) is 5.56 Å². The van der Waals surface area contributed by atoms with Crippen molar-refractivity contribution in [3.05, 3.63) is 109 Å². The summed E-state index contributed by atoms with van der Waals surface area (Å²) >= 11 is 0. The largest absolute Gasteiger partial charge is 0.463 e. The minimum atomic E-state index is -4.36. The molecular weight excluding hydrogens is 662 g/mol. The van der Waals surface area contributed by atoms with Crippen molar-refractivity contribution in [2.24, 2.45) is 5.10 Å². The normalized spacial score (nSPS) is 12.6. The SMILES string of the molecule is FC(F)(F)c1c[c-]c(N2[CH-]N(c3ccccc3)C=N2)cc1.Fc1c[c-]c(-c2ncccn2)c(F)n1.[Pt]. The van der Waals surface area contributed by atoms with Gasteiger partial charge in [0.05, 0.1) is 12.2 Å². The van der Waals surface area contributed by atoms with Gasteiger partial charge in [0.1, 0.15) is 11.9 Å². The Bertz CT molecular complexity index is 1290. The number of para-hydroxylation sites is 1. The summed E-state index contributed by atoms with van der Waals surface area (Å²) in [7, 11) is 0. The minimum Gasteiger partial charge on any atom is -0.463 e. The van der Waals surface area contributed by atoms with Gasteiger partial charge in [0.15, 0.2) is 0 Å². The molecule has 0 unspecified atom stereocenters. The maximum Gasteiger partial charge on any atom is 0.370 e. The van der Waals surface area contributed by atoms with Crippen molar-refractivity contribution in [1.82, 2.24) is 15.0 Å². The van der Waals surface area contributed by atoms with Crippen molar-refractivity contribution in [3.8, 4) is 11.4 Å². The summed E-state index contributed by atoms with van der Waals surface area (Å²) in [5, 5.41) is 5.59. The fourth-order valence-corrected chi connectivity index (χ4v) is 2.84. The van der Waals surface area contributed by atoms with E-state index in [0.29, 0.717) is 5.69 Å². The molecule has 12 heteroatoms. The first kappa shape index (κ1) is 26.9. The molecule has 1 aliphatic rings. The Hall–Kier alpha value is -3.72. The van der Waals surface area contributed by atoms with Gasteiger partial charge in [-0.05, 0) is 18.2 Å². The van der Waals surface area contributed by atoms with Crippen molar-refractivity contribution in [3.63, 3.8) is 0 Å². The van der Waals surface area contributed by atoms with Gasteiger partial charge in [-0.2, -0.15) is 36.5 Å². The number of hydrogen-bond donors (Lipinski definition) is 0. The van der Waals surface area contributed by atoms with Gasteiger partial charge < -0.3 is 9.91 Å². The molecule has 2 aromatic carbocycles. The van der Waals surface area contributed by atoms with Crippen molar-refractivity contribution in [1.29, 1.82) is 0 Å². The van der Waals surface area contributed by atoms with Gasteiger partial charge in [0, 0.05) is 39.1 Å². The Balaban J connectivity index is 0.000000210. The fourth-order valence-electron chi connectivity index (χ4n) is 2.84. The van der Waals surface area contributed by atoms with Crippen LogP contribution in [0.4, 0.5) is 33.3 Å². The molecule has 5 rings (SSSR count). The molecule has 0 bridgehead atoms. The van der Waals surface area contributed by atoms with Crippen LogP contribution < -0.4 is 9.91 Å². The summed E-state index contributed by atoms with van der Waals surface area (Å²) in [6.45, 7) is 1.68. The molecular formula is C24H14F5N6Pt-3. The molecule has 3 heterocycles. The van der Waals surface area contributed by atoms with Gasteiger partial charge in [-0.3, -0.25) is 15.0 Å². The number of pyridine rings is 1. The number of alkyl halides is 3. The zero-order valence-corrected chi connectivity index (χ0v) is 20.2. The van der Waals surface area contributed by atoms with Crippen LogP contribution in [0.2, 0.25) is 0 Å². The van der Waals surface area contributed by atoms with E-state index < -0.39 is 23.6 Å². The van der Waals surface area contributed by atoms with Crippen molar-refractivity contribution in [2.75, 3.05) is 9.91 Å². The van der Waals surface area contributed by atoms with Gasteiger partial charge in [0.25, 0.3) is 0 Å². The summed E-state index contributed by atoms with van der Waals surface area (Å²) in [5.74, 6) is -1.74. The predicted octanol–water partition coefficient (Wildman–Crippen LogP) is 5.51. The van der Waals surface area contributed by atoms with Crippen LogP contribution >= 0.6 is 0 Å². The van der Waals surface area contributed by atoms with E-state index in [4.69, 9.17) is 0 Å². The first-order chi connectivity index (χ1) is 16.8. The van der Waals surface area contributed by atoms with Crippen LogP contribution in [0.3, 0.4) is 0 Å². The van der Waals surface area contributed by atoms with Gasteiger partial charge >= 0.3 is 6.18 Å². The number of nitrogens with zero attached hydrogens (tertiary/aromatic N) is 6.